The van der Waals surface area contributed by atoms with Crippen molar-refractivity contribution in [3.8, 4) is 0 Å². The van der Waals surface area contributed by atoms with Gasteiger partial charge in [0.05, 0.1) is 11.2 Å². The first kappa shape index (κ1) is 13.2. The molecule has 0 spiro atoms. The van der Waals surface area contributed by atoms with Crippen molar-refractivity contribution in [1.29, 1.82) is 0 Å². The first-order valence-corrected chi connectivity index (χ1v) is 7.62. The number of rotatable bonds is 0. The highest BCUT2D eigenvalue weighted by Gasteiger charge is 2.21. The zero-order valence-electron chi connectivity index (χ0n) is 13.1. The number of aromatic nitrogens is 2. The molecular formula is C20H18N2. The van der Waals surface area contributed by atoms with E-state index >= 15 is 0 Å². The van der Waals surface area contributed by atoms with Gasteiger partial charge in [-0.15, -0.1) is 0 Å². The predicted molar refractivity (Wildman–Crippen MR) is 93.3 cm³/mol. The Morgan fingerprint density at radius 1 is 0.682 bits per heavy atom. The van der Waals surface area contributed by atoms with Gasteiger partial charge in [-0.25, -0.2) is 9.97 Å². The summed E-state index contributed by atoms with van der Waals surface area (Å²) in [6.07, 6.45) is 1.70. The van der Waals surface area contributed by atoms with Gasteiger partial charge in [-0.05, 0) is 16.2 Å². The van der Waals surface area contributed by atoms with Crippen LogP contribution in [0.4, 0.5) is 0 Å². The van der Waals surface area contributed by atoms with Crippen LogP contribution < -0.4 is 0 Å². The van der Waals surface area contributed by atoms with E-state index in [1.807, 2.05) is 0 Å². The molecule has 0 fully saturated rings. The standard InChI is InChI=1S/C20H18N2/c1-20(2,3)19-17-15-10-6-4-8-13(15)14-9-5-7-11-16(14)18(17)21-12-22-19/h4-12H,1-3H3. The Morgan fingerprint density at radius 2 is 1.23 bits per heavy atom. The molecule has 4 rings (SSSR count). The molecule has 0 radical (unpaired) electrons. The highest BCUT2D eigenvalue weighted by Crippen LogP contribution is 2.37. The highest BCUT2D eigenvalue weighted by atomic mass is 14.8. The topological polar surface area (TPSA) is 25.8 Å². The van der Waals surface area contributed by atoms with Crippen molar-refractivity contribution < 1.29 is 0 Å². The summed E-state index contributed by atoms with van der Waals surface area (Å²) in [7, 11) is 0. The third kappa shape index (κ3) is 1.80. The molecule has 4 aromatic rings. The average molecular weight is 286 g/mol. The minimum absolute atomic E-state index is 0.0214. The van der Waals surface area contributed by atoms with E-state index < -0.39 is 0 Å². The fraction of sp³-hybridized carbons (Fsp3) is 0.200. The van der Waals surface area contributed by atoms with Gasteiger partial charge in [0.1, 0.15) is 6.33 Å². The molecule has 2 nitrogen and oxygen atoms in total. The molecule has 1 heterocycles. The normalized spacial score (nSPS) is 12.3. The molecule has 0 unspecified atom stereocenters. The second kappa shape index (κ2) is 4.51. The van der Waals surface area contributed by atoms with Gasteiger partial charge in [0.25, 0.3) is 0 Å². The summed E-state index contributed by atoms with van der Waals surface area (Å²) in [4.78, 5) is 9.25. The molecule has 0 amide bonds. The van der Waals surface area contributed by atoms with E-state index in [0.717, 1.165) is 11.2 Å². The zero-order chi connectivity index (χ0) is 15.3. The number of benzene rings is 3. The SMILES string of the molecule is CC(C)(C)c1ncnc2c3ccccc3c3ccccc3c12. The highest BCUT2D eigenvalue weighted by molar-refractivity contribution is 6.24. The molecular weight excluding hydrogens is 268 g/mol. The summed E-state index contributed by atoms with van der Waals surface area (Å²) in [5, 5.41) is 6.14. The molecule has 0 bridgehead atoms. The van der Waals surface area contributed by atoms with Crippen molar-refractivity contribution in [2.24, 2.45) is 0 Å². The summed E-state index contributed by atoms with van der Waals surface area (Å²) in [6.45, 7) is 6.62. The summed E-state index contributed by atoms with van der Waals surface area (Å²) in [5.41, 5.74) is 2.14. The van der Waals surface area contributed by atoms with Gasteiger partial charge in [0.2, 0.25) is 0 Å². The van der Waals surface area contributed by atoms with Crippen molar-refractivity contribution in [3.63, 3.8) is 0 Å². The van der Waals surface area contributed by atoms with Crippen molar-refractivity contribution in [1.82, 2.24) is 9.97 Å². The molecule has 0 aliphatic heterocycles. The third-order valence-electron chi connectivity index (χ3n) is 4.23. The Bertz CT molecular complexity index is 965. The van der Waals surface area contributed by atoms with Gasteiger partial charge in [-0.3, -0.25) is 0 Å². The molecule has 0 N–H and O–H groups in total. The summed E-state index contributed by atoms with van der Waals surface area (Å²) in [5.74, 6) is 0. The van der Waals surface area contributed by atoms with Gasteiger partial charge in [0, 0.05) is 16.2 Å². The van der Waals surface area contributed by atoms with Crippen LogP contribution in [0.5, 0.6) is 0 Å². The van der Waals surface area contributed by atoms with Crippen LogP contribution in [0.3, 0.4) is 0 Å². The lowest BCUT2D eigenvalue weighted by Crippen LogP contribution is -2.14. The predicted octanol–water partition coefficient (Wildman–Crippen LogP) is 5.23. The Labute approximate surface area is 129 Å². The maximum absolute atomic E-state index is 4.62. The van der Waals surface area contributed by atoms with E-state index in [-0.39, 0.29) is 5.41 Å². The molecule has 0 saturated carbocycles. The van der Waals surface area contributed by atoms with Crippen LogP contribution in [-0.2, 0) is 5.41 Å². The van der Waals surface area contributed by atoms with E-state index in [9.17, 15) is 0 Å². The minimum atomic E-state index is -0.0214. The van der Waals surface area contributed by atoms with Gasteiger partial charge in [0.15, 0.2) is 0 Å². The summed E-state index contributed by atoms with van der Waals surface area (Å²) >= 11 is 0. The van der Waals surface area contributed by atoms with Gasteiger partial charge < -0.3 is 0 Å². The monoisotopic (exact) mass is 286 g/mol. The van der Waals surface area contributed by atoms with Gasteiger partial charge in [-0.1, -0.05) is 69.3 Å². The molecule has 3 aromatic carbocycles. The van der Waals surface area contributed by atoms with E-state index in [1.165, 1.54) is 26.9 Å². The minimum Gasteiger partial charge on any atom is -0.240 e. The van der Waals surface area contributed by atoms with E-state index in [2.05, 4.69) is 79.3 Å². The lowest BCUT2D eigenvalue weighted by molar-refractivity contribution is 0.574. The van der Waals surface area contributed by atoms with E-state index in [1.54, 1.807) is 6.33 Å². The fourth-order valence-electron chi connectivity index (χ4n) is 3.27. The van der Waals surface area contributed by atoms with Crippen LogP contribution >= 0.6 is 0 Å². The molecule has 22 heavy (non-hydrogen) atoms. The number of hydrogen-bond acceptors (Lipinski definition) is 2. The molecule has 0 atom stereocenters. The van der Waals surface area contributed by atoms with Gasteiger partial charge in [-0.2, -0.15) is 0 Å². The maximum atomic E-state index is 4.62. The first-order valence-electron chi connectivity index (χ1n) is 7.62. The lowest BCUT2D eigenvalue weighted by atomic mass is 9.86. The molecule has 0 aliphatic rings. The summed E-state index contributed by atoms with van der Waals surface area (Å²) < 4.78 is 0. The number of nitrogens with zero attached hydrogens (tertiary/aromatic N) is 2. The Hall–Kier alpha value is -2.48. The lowest BCUT2D eigenvalue weighted by Gasteiger charge is -2.21. The second-order valence-corrected chi connectivity index (χ2v) is 6.79. The summed E-state index contributed by atoms with van der Waals surface area (Å²) in [6, 6.07) is 17.1. The maximum Gasteiger partial charge on any atom is 0.116 e. The zero-order valence-corrected chi connectivity index (χ0v) is 13.1. The second-order valence-electron chi connectivity index (χ2n) is 6.79. The van der Waals surface area contributed by atoms with Gasteiger partial charge >= 0.3 is 0 Å². The van der Waals surface area contributed by atoms with Crippen molar-refractivity contribution in [3.05, 3.63) is 60.6 Å². The Morgan fingerprint density at radius 3 is 1.86 bits per heavy atom. The van der Waals surface area contributed by atoms with Crippen LogP contribution in [0, 0.1) is 0 Å². The van der Waals surface area contributed by atoms with Crippen LogP contribution in [0.25, 0.3) is 32.4 Å². The molecule has 0 aliphatic carbocycles. The van der Waals surface area contributed by atoms with Crippen molar-refractivity contribution >= 4 is 32.4 Å². The largest absolute Gasteiger partial charge is 0.240 e. The van der Waals surface area contributed by atoms with E-state index in [0.29, 0.717) is 0 Å². The van der Waals surface area contributed by atoms with E-state index in [4.69, 9.17) is 0 Å². The number of hydrogen-bond donors (Lipinski definition) is 0. The average Bonchev–Trinajstić information content (AvgIpc) is 2.54. The first-order chi connectivity index (χ1) is 10.6. The van der Waals surface area contributed by atoms with Crippen molar-refractivity contribution in [2.75, 3.05) is 0 Å². The number of fused-ring (bicyclic) bond motifs is 6. The van der Waals surface area contributed by atoms with Crippen LogP contribution in [0.2, 0.25) is 0 Å². The van der Waals surface area contributed by atoms with Crippen LogP contribution in [0.1, 0.15) is 26.5 Å². The Kier molecular flexibility index (Phi) is 2.70. The molecule has 1 aromatic heterocycles. The fourth-order valence-corrected chi connectivity index (χ4v) is 3.27. The third-order valence-corrected chi connectivity index (χ3v) is 4.23. The molecule has 0 saturated heterocycles. The van der Waals surface area contributed by atoms with Crippen LogP contribution in [0.15, 0.2) is 54.9 Å². The quantitative estimate of drug-likeness (QED) is 0.413. The Balaban J connectivity index is 2.39. The van der Waals surface area contributed by atoms with Crippen molar-refractivity contribution in [2.45, 2.75) is 26.2 Å². The molecule has 2 heteroatoms. The van der Waals surface area contributed by atoms with Crippen LogP contribution in [-0.4, -0.2) is 9.97 Å². The molecule has 108 valence electrons. The smallest absolute Gasteiger partial charge is 0.116 e.